The molecule has 0 aromatic heterocycles. The van der Waals surface area contributed by atoms with Crippen molar-refractivity contribution in [3.63, 3.8) is 0 Å². The molecule has 0 amide bonds. The fourth-order valence-electron chi connectivity index (χ4n) is 1.42. The summed E-state index contributed by atoms with van der Waals surface area (Å²) in [4.78, 5) is 2.27. The fourth-order valence-corrected chi connectivity index (χ4v) is 1.55. The van der Waals surface area contributed by atoms with Crippen molar-refractivity contribution < 1.29 is 0 Å². The van der Waals surface area contributed by atoms with Crippen molar-refractivity contribution in [3.05, 3.63) is 29.3 Å². The SMILES string of the molecule is CC.CCCCCN(C)c1ccc(Cl)cc1. The molecule has 1 nitrogen and oxygen atoms in total. The molecule has 0 atom stereocenters. The molecule has 1 rings (SSSR count). The van der Waals surface area contributed by atoms with Gasteiger partial charge in [-0.15, -0.1) is 0 Å². The molecule has 0 aliphatic carbocycles. The van der Waals surface area contributed by atoms with Crippen LogP contribution in [-0.2, 0) is 0 Å². The number of hydrogen-bond acceptors (Lipinski definition) is 1. The second-order valence-electron chi connectivity index (χ2n) is 3.61. The van der Waals surface area contributed by atoms with Crippen LogP contribution < -0.4 is 4.90 Å². The van der Waals surface area contributed by atoms with E-state index in [0.717, 1.165) is 11.6 Å². The topological polar surface area (TPSA) is 3.24 Å². The lowest BCUT2D eigenvalue weighted by atomic mass is 10.2. The molecule has 0 heterocycles. The highest BCUT2D eigenvalue weighted by atomic mass is 35.5. The summed E-state index contributed by atoms with van der Waals surface area (Å²) in [5, 5.41) is 0.802. The molecule has 0 aliphatic rings. The molecular formula is C14H24ClN. The van der Waals surface area contributed by atoms with Crippen LogP contribution in [0.1, 0.15) is 40.0 Å². The van der Waals surface area contributed by atoms with Gasteiger partial charge in [0.1, 0.15) is 0 Å². The Morgan fingerprint density at radius 1 is 1.06 bits per heavy atom. The predicted octanol–water partition coefficient (Wildman–Crippen LogP) is 4.99. The first kappa shape index (κ1) is 15.3. The zero-order valence-electron chi connectivity index (χ0n) is 11.0. The first-order valence-corrected chi connectivity index (χ1v) is 6.58. The van der Waals surface area contributed by atoms with Crippen LogP contribution in [0.4, 0.5) is 5.69 Å². The van der Waals surface area contributed by atoms with Crippen molar-refractivity contribution in [1.82, 2.24) is 0 Å². The van der Waals surface area contributed by atoms with Crippen LogP contribution in [0.25, 0.3) is 0 Å². The van der Waals surface area contributed by atoms with Crippen molar-refractivity contribution in [2.24, 2.45) is 0 Å². The molecule has 1 aromatic rings. The van der Waals surface area contributed by atoms with Gasteiger partial charge in [0.2, 0.25) is 0 Å². The van der Waals surface area contributed by atoms with E-state index in [4.69, 9.17) is 11.6 Å². The van der Waals surface area contributed by atoms with Crippen LogP contribution in [0.3, 0.4) is 0 Å². The molecule has 0 fully saturated rings. The van der Waals surface area contributed by atoms with Crippen molar-refractivity contribution in [1.29, 1.82) is 0 Å². The average molecular weight is 242 g/mol. The maximum atomic E-state index is 5.82. The van der Waals surface area contributed by atoms with Gasteiger partial charge in [0.15, 0.2) is 0 Å². The molecule has 0 N–H and O–H groups in total. The van der Waals surface area contributed by atoms with Crippen LogP contribution in [0.2, 0.25) is 5.02 Å². The van der Waals surface area contributed by atoms with Gasteiger partial charge >= 0.3 is 0 Å². The lowest BCUT2D eigenvalue weighted by molar-refractivity contribution is 0.705. The van der Waals surface area contributed by atoms with E-state index in [1.807, 2.05) is 26.0 Å². The maximum Gasteiger partial charge on any atom is 0.0407 e. The zero-order chi connectivity index (χ0) is 12.4. The Bertz CT molecular complexity index is 256. The maximum absolute atomic E-state index is 5.82. The number of benzene rings is 1. The summed E-state index contributed by atoms with van der Waals surface area (Å²) in [5.41, 5.74) is 1.24. The molecule has 1 aromatic carbocycles. The normalized spacial score (nSPS) is 9.31. The Hall–Kier alpha value is -0.690. The van der Waals surface area contributed by atoms with E-state index in [-0.39, 0.29) is 0 Å². The van der Waals surface area contributed by atoms with Gasteiger partial charge in [-0.05, 0) is 30.7 Å². The van der Waals surface area contributed by atoms with Crippen LogP contribution in [0, 0.1) is 0 Å². The lowest BCUT2D eigenvalue weighted by Gasteiger charge is -2.18. The minimum absolute atomic E-state index is 0.802. The smallest absolute Gasteiger partial charge is 0.0407 e. The largest absolute Gasteiger partial charge is 0.375 e. The number of hydrogen-bond donors (Lipinski definition) is 0. The lowest BCUT2D eigenvalue weighted by Crippen LogP contribution is -2.18. The monoisotopic (exact) mass is 241 g/mol. The van der Waals surface area contributed by atoms with Gasteiger partial charge < -0.3 is 4.90 Å². The standard InChI is InChI=1S/C12H18ClN.C2H6/c1-3-4-5-10-14(2)12-8-6-11(13)7-9-12;1-2/h6-9H,3-5,10H2,1-2H3;1-2H3. The fraction of sp³-hybridized carbons (Fsp3) is 0.571. The Labute approximate surface area is 105 Å². The van der Waals surface area contributed by atoms with Crippen molar-refractivity contribution in [2.75, 3.05) is 18.5 Å². The summed E-state index contributed by atoms with van der Waals surface area (Å²) in [6.07, 6.45) is 3.84. The Morgan fingerprint density at radius 3 is 2.12 bits per heavy atom. The molecule has 0 saturated heterocycles. The van der Waals surface area contributed by atoms with Gasteiger partial charge in [0, 0.05) is 24.3 Å². The average Bonchev–Trinajstić information content (AvgIpc) is 2.33. The highest BCUT2D eigenvalue weighted by Gasteiger charge is 1.99. The highest BCUT2D eigenvalue weighted by Crippen LogP contribution is 2.17. The van der Waals surface area contributed by atoms with Crippen molar-refractivity contribution in [3.8, 4) is 0 Å². The second kappa shape index (κ2) is 9.53. The third kappa shape index (κ3) is 6.02. The molecule has 92 valence electrons. The summed E-state index contributed by atoms with van der Waals surface area (Å²) in [6, 6.07) is 8.00. The molecule has 16 heavy (non-hydrogen) atoms. The van der Waals surface area contributed by atoms with E-state index in [0.29, 0.717) is 0 Å². The van der Waals surface area contributed by atoms with Crippen LogP contribution >= 0.6 is 11.6 Å². The number of halogens is 1. The van der Waals surface area contributed by atoms with Gasteiger partial charge in [-0.2, -0.15) is 0 Å². The molecular weight excluding hydrogens is 218 g/mol. The van der Waals surface area contributed by atoms with Gasteiger partial charge in [-0.3, -0.25) is 0 Å². The van der Waals surface area contributed by atoms with Gasteiger partial charge in [0.25, 0.3) is 0 Å². The van der Waals surface area contributed by atoms with E-state index in [1.54, 1.807) is 0 Å². The molecule has 0 unspecified atom stereocenters. The summed E-state index contributed by atoms with van der Waals surface area (Å²) >= 11 is 5.82. The quantitative estimate of drug-likeness (QED) is 0.657. The first-order chi connectivity index (χ1) is 7.74. The van der Waals surface area contributed by atoms with E-state index < -0.39 is 0 Å². The molecule has 2 heteroatoms. The van der Waals surface area contributed by atoms with Crippen molar-refractivity contribution in [2.45, 2.75) is 40.0 Å². The van der Waals surface area contributed by atoms with Crippen LogP contribution in [0.5, 0.6) is 0 Å². The van der Waals surface area contributed by atoms with Crippen molar-refractivity contribution >= 4 is 17.3 Å². The van der Waals surface area contributed by atoms with E-state index in [9.17, 15) is 0 Å². The Morgan fingerprint density at radius 2 is 1.62 bits per heavy atom. The first-order valence-electron chi connectivity index (χ1n) is 6.20. The third-order valence-corrected chi connectivity index (χ3v) is 2.62. The zero-order valence-corrected chi connectivity index (χ0v) is 11.7. The minimum Gasteiger partial charge on any atom is -0.375 e. The molecule has 0 aliphatic heterocycles. The minimum atomic E-state index is 0.802. The summed E-state index contributed by atoms with van der Waals surface area (Å²) < 4.78 is 0. The van der Waals surface area contributed by atoms with Gasteiger partial charge in [0.05, 0.1) is 0 Å². The molecule has 0 bridgehead atoms. The number of rotatable bonds is 5. The molecule has 0 radical (unpaired) electrons. The van der Waals surface area contributed by atoms with E-state index in [1.165, 1.54) is 24.9 Å². The summed E-state index contributed by atoms with van der Waals surface area (Å²) in [6.45, 7) is 7.35. The summed E-state index contributed by atoms with van der Waals surface area (Å²) in [7, 11) is 2.12. The van der Waals surface area contributed by atoms with Gasteiger partial charge in [-0.1, -0.05) is 45.2 Å². The highest BCUT2D eigenvalue weighted by molar-refractivity contribution is 6.30. The van der Waals surface area contributed by atoms with E-state index in [2.05, 4.69) is 31.0 Å². The third-order valence-electron chi connectivity index (χ3n) is 2.36. The van der Waals surface area contributed by atoms with E-state index >= 15 is 0 Å². The van der Waals surface area contributed by atoms with Crippen LogP contribution in [0.15, 0.2) is 24.3 Å². The molecule has 0 saturated carbocycles. The second-order valence-corrected chi connectivity index (χ2v) is 4.04. The number of unbranched alkanes of at least 4 members (excludes halogenated alkanes) is 2. The number of anilines is 1. The summed E-state index contributed by atoms with van der Waals surface area (Å²) in [5.74, 6) is 0. The molecule has 0 spiro atoms. The predicted molar refractivity (Wildman–Crippen MR) is 75.6 cm³/mol. The Balaban J connectivity index is 0.00000106. The Kier molecular flexibility index (Phi) is 9.12. The van der Waals surface area contributed by atoms with Crippen LogP contribution in [-0.4, -0.2) is 13.6 Å². The van der Waals surface area contributed by atoms with Gasteiger partial charge in [-0.25, -0.2) is 0 Å². The number of nitrogens with zero attached hydrogens (tertiary/aromatic N) is 1.